The molecule has 9 heteroatoms. The third-order valence-electron chi connectivity index (χ3n) is 4.60. The molecule has 0 bridgehead atoms. The van der Waals surface area contributed by atoms with Crippen LogP contribution in [0.3, 0.4) is 0 Å². The summed E-state index contributed by atoms with van der Waals surface area (Å²) in [6, 6.07) is 5.81. The van der Waals surface area contributed by atoms with Crippen LogP contribution in [0.15, 0.2) is 18.2 Å². The Balaban J connectivity index is 1.64. The van der Waals surface area contributed by atoms with Gasteiger partial charge in [-0.25, -0.2) is 9.49 Å². The van der Waals surface area contributed by atoms with Gasteiger partial charge in [0.1, 0.15) is 23.3 Å². The van der Waals surface area contributed by atoms with Crippen molar-refractivity contribution in [2.75, 3.05) is 6.61 Å². The molecule has 1 aromatic carbocycles. The Kier molecular flexibility index (Phi) is 5.11. The highest BCUT2D eigenvalue weighted by atomic mass is 19.4. The molecule has 1 fully saturated rings. The molecule has 0 aliphatic heterocycles. The fourth-order valence-corrected chi connectivity index (χ4v) is 3.16. The van der Waals surface area contributed by atoms with E-state index in [0.717, 1.165) is 0 Å². The van der Waals surface area contributed by atoms with E-state index in [4.69, 9.17) is 10.00 Å². The maximum atomic E-state index is 13.9. The first-order valence-electron chi connectivity index (χ1n) is 8.18. The number of aromatic nitrogens is 3. The number of ether oxygens (including phenoxy) is 1. The van der Waals surface area contributed by atoms with Gasteiger partial charge in [-0.15, -0.1) is 5.10 Å². The van der Waals surface area contributed by atoms with Gasteiger partial charge in [0.15, 0.2) is 5.69 Å². The van der Waals surface area contributed by atoms with E-state index in [-0.39, 0.29) is 42.5 Å². The van der Waals surface area contributed by atoms with Crippen LogP contribution in [0.25, 0.3) is 11.3 Å². The summed E-state index contributed by atoms with van der Waals surface area (Å²) < 4.78 is 57.5. The van der Waals surface area contributed by atoms with E-state index in [1.165, 1.54) is 18.2 Å². The number of H-pyrrole nitrogens is 1. The molecule has 5 nitrogen and oxygen atoms in total. The Morgan fingerprint density at radius 1 is 1.19 bits per heavy atom. The highest BCUT2D eigenvalue weighted by Gasteiger charge is 2.41. The van der Waals surface area contributed by atoms with Crippen molar-refractivity contribution in [1.82, 2.24) is 15.4 Å². The summed E-state index contributed by atoms with van der Waals surface area (Å²) in [5.74, 6) is -1.56. The Hall–Kier alpha value is -2.63. The molecule has 3 rings (SSSR count). The first kappa shape index (κ1) is 18.2. The number of nitrogens with zero attached hydrogens (tertiary/aromatic N) is 3. The van der Waals surface area contributed by atoms with E-state index in [0.29, 0.717) is 18.4 Å². The largest absolute Gasteiger partial charge is 0.493 e. The SMILES string of the molecule is N#Cc1[nH]nnc1-c1cc(F)cc(OC[C@H]2CC[C@@H](C(F)(F)F)CC2)c1. The number of nitrogens with one attached hydrogen (secondary N) is 1. The molecule has 0 radical (unpaired) electrons. The molecule has 1 N–H and O–H groups in total. The fourth-order valence-electron chi connectivity index (χ4n) is 3.16. The van der Waals surface area contributed by atoms with Gasteiger partial charge in [-0.3, -0.25) is 0 Å². The van der Waals surface area contributed by atoms with Crippen LogP contribution in [-0.2, 0) is 0 Å². The number of rotatable bonds is 4. The highest BCUT2D eigenvalue weighted by molar-refractivity contribution is 5.65. The normalized spacial score (nSPS) is 20.6. The van der Waals surface area contributed by atoms with E-state index >= 15 is 0 Å². The molecule has 2 aromatic rings. The van der Waals surface area contributed by atoms with Crippen LogP contribution in [0.1, 0.15) is 31.4 Å². The van der Waals surface area contributed by atoms with Gasteiger partial charge < -0.3 is 4.74 Å². The summed E-state index contributed by atoms with van der Waals surface area (Å²) in [7, 11) is 0. The Bertz CT molecular complexity index is 804. The fraction of sp³-hybridized carbons (Fsp3) is 0.471. The highest BCUT2D eigenvalue weighted by Crippen LogP contribution is 2.39. The Morgan fingerprint density at radius 3 is 2.58 bits per heavy atom. The van der Waals surface area contributed by atoms with Gasteiger partial charge in [-0.2, -0.15) is 18.4 Å². The third-order valence-corrected chi connectivity index (χ3v) is 4.60. The van der Waals surface area contributed by atoms with E-state index in [1.807, 2.05) is 6.07 Å². The Labute approximate surface area is 147 Å². The van der Waals surface area contributed by atoms with Crippen molar-refractivity contribution < 1.29 is 22.3 Å². The van der Waals surface area contributed by atoms with Gasteiger partial charge in [0.2, 0.25) is 0 Å². The van der Waals surface area contributed by atoms with Gasteiger partial charge >= 0.3 is 6.18 Å². The minimum atomic E-state index is -4.14. The number of hydrogen-bond acceptors (Lipinski definition) is 4. The van der Waals surface area contributed by atoms with Gasteiger partial charge in [-0.05, 0) is 43.7 Å². The minimum Gasteiger partial charge on any atom is -0.493 e. The number of alkyl halides is 3. The van der Waals surface area contributed by atoms with E-state index < -0.39 is 17.9 Å². The van der Waals surface area contributed by atoms with Gasteiger partial charge in [0.05, 0.1) is 12.5 Å². The molecule has 1 aliphatic rings. The van der Waals surface area contributed by atoms with Gasteiger partial charge in [-0.1, -0.05) is 5.21 Å². The van der Waals surface area contributed by atoms with Crippen molar-refractivity contribution in [3.05, 3.63) is 29.7 Å². The second-order valence-electron chi connectivity index (χ2n) is 6.39. The zero-order valence-corrected chi connectivity index (χ0v) is 13.7. The molecule has 0 unspecified atom stereocenters. The lowest BCUT2D eigenvalue weighted by molar-refractivity contribution is -0.184. The number of hydrogen-bond donors (Lipinski definition) is 1. The monoisotopic (exact) mass is 368 g/mol. The maximum Gasteiger partial charge on any atom is 0.391 e. The van der Waals surface area contributed by atoms with Crippen LogP contribution in [0.5, 0.6) is 5.75 Å². The first-order chi connectivity index (χ1) is 12.4. The predicted octanol–water partition coefficient (Wildman–Crippen LogP) is 4.23. The van der Waals surface area contributed by atoms with Gasteiger partial charge in [0.25, 0.3) is 0 Å². The summed E-state index contributed by atoms with van der Waals surface area (Å²) in [6.07, 6.45) is -3.10. The molecule has 1 heterocycles. The third kappa shape index (κ3) is 4.12. The molecule has 1 saturated carbocycles. The van der Waals surface area contributed by atoms with Gasteiger partial charge in [0, 0.05) is 11.6 Å². The van der Waals surface area contributed by atoms with Crippen molar-refractivity contribution in [3.8, 4) is 23.1 Å². The van der Waals surface area contributed by atoms with Crippen molar-refractivity contribution in [2.24, 2.45) is 11.8 Å². The molecule has 0 spiro atoms. The molecule has 1 aromatic heterocycles. The van der Waals surface area contributed by atoms with Crippen LogP contribution in [0.4, 0.5) is 17.6 Å². The maximum absolute atomic E-state index is 13.9. The topological polar surface area (TPSA) is 74.6 Å². The second kappa shape index (κ2) is 7.32. The number of benzene rings is 1. The predicted molar refractivity (Wildman–Crippen MR) is 83.5 cm³/mol. The number of nitriles is 1. The number of aromatic amines is 1. The molecule has 138 valence electrons. The average Bonchev–Trinajstić information content (AvgIpc) is 3.08. The lowest BCUT2D eigenvalue weighted by Gasteiger charge is -2.29. The zero-order chi connectivity index (χ0) is 18.7. The zero-order valence-electron chi connectivity index (χ0n) is 13.7. The van der Waals surface area contributed by atoms with Crippen LogP contribution in [0.2, 0.25) is 0 Å². The molecular formula is C17H16F4N4O. The summed E-state index contributed by atoms with van der Waals surface area (Å²) >= 11 is 0. The average molecular weight is 368 g/mol. The summed E-state index contributed by atoms with van der Waals surface area (Å²) in [6.45, 7) is 0.220. The minimum absolute atomic E-state index is 0.00189. The molecule has 1 aliphatic carbocycles. The van der Waals surface area contributed by atoms with Crippen molar-refractivity contribution >= 4 is 0 Å². The second-order valence-corrected chi connectivity index (χ2v) is 6.39. The van der Waals surface area contributed by atoms with Crippen molar-refractivity contribution in [1.29, 1.82) is 5.26 Å². The van der Waals surface area contributed by atoms with E-state index in [2.05, 4.69) is 15.4 Å². The Morgan fingerprint density at radius 2 is 1.92 bits per heavy atom. The smallest absolute Gasteiger partial charge is 0.391 e. The van der Waals surface area contributed by atoms with Crippen LogP contribution >= 0.6 is 0 Å². The lowest BCUT2D eigenvalue weighted by atomic mass is 9.82. The lowest BCUT2D eigenvalue weighted by Crippen LogP contribution is -2.29. The van der Waals surface area contributed by atoms with E-state index in [1.54, 1.807) is 0 Å². The molecule has 0 saturated heterocycles. The molecule has 0 amide bonds. The quantitative estimate of drug-likeness (QED) is 0.820. The van der Waals surface area contributed by atoms with Crippen LogP contribution in [-0.4, -0.2) is 28.2 Å². The standard InChI is InChI=1S/C17H16F4N4O/c18-13-5-11(16-15(8-22)23-25-24-16)6-14(7-13)26-9-10-1-3-12(4-2-10)17(19,20)21/h5-7,10,12H,1-4,9H2,(H,23,24,25)/t10-,12+. The molecular weight excluding hydrogens is 352 g/mol. The molecule has 0 atom stereocenters. The summed E-state index contributed by atoms with van der Waals surface area (Å²) in [5, 5.41) is 18.7. The molecule has 26 heavy (non-hydrogen) atoms. The van der Waals surface area contributed by atoms with Crippen LogP contribution in [0, 0.1) is 29.0 Å². The van der Waals surface area contributed by atoms with Crippen molar-refractivity contribution in [2.45, 2.75) is 31.9 Å². The van der Waals surface area contributed by atoms with Crippen molar-refractivity contribution in [3.63, 3.8) is 0 Å². The van der Waals surface area contributed by atoms with E-state index in [9.17, 15) is 17.6 Å². The summed E-state index contributed by atoms with van der Waals surface area (Å²) in [4.78, 5) is 0. The van der Waals surface area contributed by atoms with Crippen LogP contribution < -0.4 is 4.74 Å². The summed E-state index contributed by atoms with van der Waals surface area (Å²) in [5.41, 5.74) is 0.653. The first-order valence-corrected chi connectivity index (χ1v) is 8.18. The number of halogens is 4.